The molecule has 0 saturated heterocycles. The average Bonchev–Trinajstić information content (AvgIpc) is 3.21. The van der Waals surface area contributed by atoms with Crippen LogP contribution in [-0.2, 0) is 6.54 Å². The molecule has 0 radical (unpaired) electrons. The minimum absolute atomic E-state index is 0.0575. The summed E-state index contributed by atoms with van der Waals surface area (Å²) in [6.07, 6.45) is 0.902. The van der Waals surface area contributed by atoms with Crippen LogP contribution < -0.4 is 5.32 Å². The molecular formula is C20H21N5O. The number of benzene rings is 1. The summed E-state index contributed by atoms with van der Waals surface area (Å²) < 4.78 is 4.06. The molecule has 3 aromatic heterocycles. The predicted octanol–water partition coefficient (Wildman–Crippen LogP) is 3.18. The van der Waals surface area contributed by atoms with E-state index in [4.69, 9.17) is 0 Å². The third-order valence-electron chi connectivity index (χ3n) is 4.55. The van der Waals surface area contributed by atoms with Gasteiger partial charge in [-0.3, -0.25) is 9.20 Å². The molecule has 1 aromatic carbocycles. The second-order valence-electron chi connectivity index (χ2n) is 6.40. The van der Waals surface area contributed by atoms with Crippen LogP contribution in [0.25, 0.3) is 16.7 Å². The molecule has 132 valence electrons. The zero-order valence-electron chi connectivity index (χ0n) is 14.9. The van der Waals surface area contributed by atoms with E-state index in [1.165, 1.54) is 0 Å². The molecule has 0 atom stereocenters. The van der Waals surface area contributed by atoms with E-state index in [9.17, 15) is 4.79 Å². The number of amides is 1. The van der Waals surface area contributed by atoms with Gasteiger partial charge < -0.3 is 9.88 Å². The maximum atomic E-state index is 12.8. The zero-order chi connectivity index (χ0) is 18.1. The highest BCUT2D eigenvalue weighted by Gasteiger charge is 2.18. The highest BCUT2D eigenvalue weighted by atomic mass is 16.1. The van der Waals surface area contributed by atoms with Crippen molar-refractivity contribution in [2.75, 3.05) is 6.54 Å². The van der Waals surface area contributed by atoms with E-state index < -0.39 is 0 Å². The second-order valence-corrected chi connectivity index (χ2v) is 6.40. The summed E-state index contributed by atoms with van der Waals surface area (Å²) in [5.41, 5.74) is 4.52. The lowest BCUT2D eigenvalue weighted by Gasteiger charge is -2.11. The van der Waals surface area contributed by atoms with Gasteiger partial charge in [-0.25, -0.2) is 0 Å². The van der Waals surface area contributed by atoms with E-state index in [0.29, 0.717) is 18.8 Å². The van der Waals surface area contributed by atoms with Crippen molar-refractivity contribution in [2.24, 2.45) is 0 Å². The summed E-state index contributed by atoms with van der Waals surface area (Å²) in [5, 5.41) is 11.3. The van der Waals surface area contributed by atoms with E-state index >= 15 is 0 Å². The standard InChI is InChI=1S/C20H21N5O/c1-3-11-21-20(26)18-12-17-16(9-10-19-23-22-14(2)25(17)19)24(18)13-15-7-5-4-6-8-15/h4-10,12H,3,11,13H2,1-2H3,(H,21,26). The van der Waals surface area contributed by atoms with Crippen LogP contribution in [0.15, 0.2) is 48.5 Å². The lowest BCUT2D eigenvalue weighted by Crippen LogP contribution is -2.26. The Kier molecular flexibility index (Phi) is 4.16. The highest BCUT2D eigenvalue weighted by Crippen LogP contribution is 2.23. The van der Waals surface area contributed by atoms with Crippen molar-refractivity contribution in [2.45, 2.75) is 26.8 Å². The van der Waals surface area contributed by atoms with Gasteiger partial charge in [-0.2, -0.15) is 0 Å². The van der Waals surface area contributed by atoms with Gasteiger partial charge >= 0.3 is 0 Å². The van der Waals surface area contributed by atoms with Crippen molar-refractivity contribution in [1.29, 1.82) is 0 Å². The maximum absolute atomic E-state index is 12.8. The fourth-order valence-electron chi connectivity index (χ4n) is 3.30. The van der Waals surface area contributed by atoms with Crippen LogP contribution in [0.2, 0.25) is 0 Å². The van der Waals surface area contributed by atoms with Crippen molar-refractivity contribution in [3.63, 3.8) is 0 Å². The molecule has 1 N–H and O–H groups in total. The summed E-state index contributed by atoms with van der Waals surface area (Å²) in [4.78, 5) is 12.8. The van der Waals surface area contributed by atoms with Crippen LogP contribution in [-0.4, -0.2) is 31.6 Å². The Labute approximate surface area is 151 Å². The van der Waals surface area contributed by atoms with Crippen LogP contribution in [0.1, 0.15) is 35.2 Å². The van der Waals surface area contributed by atoms with Crippen molar-refractivity contribution >= 4 is 22.6 Å². The molecule has 0 aliphatic carbocycles. The fraction of sp³-hybridized carbons (Fsp3) is 0.250. The predicted molar refractivity (Wildman–Crippen MR) is 101 cm³/mol. The number of nitrogens with zero attached hydrogens (tertiary/aromatic N) is 4. The summed E-state index contributed by atoms with van der Waals surface area (Å²) in [6, 6.07) is 16.1. The van der Waals surface area contributed by atoms with Crippen molar-refractivity contribution in [3.05, 3.63) is 65.6 Å². The Morgan fingerprint density at radius 2 is 1.88 bits per heavy atom. The summed E-state index contributed by atoms with van der Waals surface area (Å²) in [5.74, 6) is 0.751. The molecular weight excluding hydrogens is 326 g/mol. The molecule has 0 aliphatic rings. The number of rotatable bonds is 5. The van der Waals surface area contributed by atoms with Gasteiger partial charge in [0.2, 0.25) is 0 Å². The third-order valence-corrected chi connectivity index (χ3v) is 4.55. The summed E-state index contributed by atoms with van der Waals surface area (Å²) >= 11 is 0. The molecule has 0 spiro atoms. The van der Waals surface area contributed by atoms with Crippen LogP contribution >= 0.6 is 0 Å². The lowest BCUT2D eigenvalue weighted by molar-refractivity contribution is 0.0945. The van der Waals surface area contributed by atoms with Crippen LogP contribution in [0.3, 0.4) is 0 Å². The first-order chi connectivity index (χ1) is 12.7. The van der Waals surface area contributed by atoms with Gasteiger partial charge in [-0.1, -0.05) is 37.3 Å². The molecule has 0 unspecified atom stereocenters. The fourth-order valence-corrected chi connectivity index (χ4v) is 3.30. The quantitative estimate of drug-likeness (QED) is 0.603. The second kappa shape index (κ2) is 6.63. The van der Waals surface area contributed by atoms with Crippen molar-refractivity contribution in [1.82, 2.24) is 24.5 Å². The molecule has 3 heterocycles. The summed E-state index contributed by atoms with van der Waals surface area (Å²) in [6.45, 7) is 5.26. The molecule has 4 rings (SSSR count). The first kappa shape index (κ1) is 16.3. The number of carbonyl (C=O) groups is 1. The number of fused-ring (bicyclic) bond motifs is 3. The number of hydrogen-bond acceptors (Lipinski definition) is 3. The smallest absolute Gasteiger partial charge is 0.268 e. The Morgan fingerprint density at radius 1 is 1.08 bits per heavy atom. The highest BCUT2D eigenvalue weighted by molar-refractivity contribution is 5.98. The minimum Gasteiger partial charge on any atom is -0.351 e. The molecule has 1 amide bonds. The first-order valence-electron chi connectivity index (χ1n) is 8.85. The van der Waals surface area contributed by atoms with Crippen LogP contribution in [0.5, 0.6) is 0 Å². The molecule has 0 fully saturated rings. The van der Waals surface area contributed by atoms with Gasteiger partial charge in [0.15, 0.2) is 5.65 Å². The van der Waals surface area contributed by atoms with Gasteiger partial charge in [-0.15, -0.1) is 10.2 Å². The Morgan fingerprint density at radius 3 is 2.65 bits per heavy atom. The zero-order valence-corrected chi connectivity index (χ0v) is 14.9. The monoisotopic (exact) mass is 347 g/mol. The first-order valence-corrected chi connectivity index (χ1v) is 8.85. The van der Waals surface area contributed by atoms with E-state index in [2.05, 4.69) is 32.2 Å². The number of carbonyl (C=O) groups excluding carboxylic acids is 1. The summed E-state index contributed by atoms with van der Waals surface area (Å²) in [7, 11) is 0. The van der Waals surface area contributed by atoms with Crippen molar-refractivity contribution in [3.8, 4) is 0 Å². The number of pyridine rings is 1. The van der Waals surface area contributed by atoms with Gasteiger partial charge in [0.1, 0.15) is 11.5 Å². The number of hydrogen-bond donors (Lipinski definition) is 1. The number of aryl methyl sites for hydroxylation is 1. The number of aromatic nitrogens is 4. The molecule has 26 heavy (non-hydrogen) atoms. The number of nitrogens with one attached hydrogen (secondary N) is 1. The molecule has 4 aromatic rings. The molecule has 6 heteroatoms. The van der Waals surface area contributed by atoms with Gasteiger partial charge in [0.05, 0.1) is 11.0 Å². The van der Waals surface area contributed by atoms with Gasteiger partial charge in [0.25, 0.3) is 5.91 Å². The normalized spacial score (nSPS) is 11.3. The largest absolute Gasteiger partial charge is 0.351 e. The van der Waals surface area contributed by atoms with E-state index in [1.807, 2.05) is 54.6 Å². The average molecular weight is 347 g/mol. The molecule has 0 bridgehead atoms. The Bertz CT molecular complexity index is 1080. The van der Waals surface area contributed by atoms with E-state index in [0.717, 1.165) is 34.5 Å². The van der Waals surface area contributed by atoms with E-state index in [1.54, 1.807) is 0 Å². The van der Waals surface area contributed by atoms with E-state index in [-0.39, 0.29) is 5.91 Å². The topological polar surface area (TPSA) is 64.2 Å². The van der Waals surface area contributed by atoms with Gasteiger partial charge in [-0.05, 0) is 37.1 Å². The SMILES string of the molecule is CCCNC(=O)c1cc2c(ccc3nnc(C)n32)n1Cc1ccccc1. The minimum atomic E-state index is -0.0575. The lowest BCUT2D eigenvalue weighted by atomic mass is 10.2. The van der Waals surface area contributed by atoms with Crippen LogP contribution in [0, 0.1) is 6.92 Å². The maximum Gasteiger partial charge on any atom is 0.268 e. The molecule has 6 nitrogen and oxygen atoms in total. The Hall–Kier alpha value is -3.15. The Balaban J connectivity index is 1.91. The van der Waals surface area contributed by atoms with Gasteiger partial charge in [0, 0.05) is 13.1 Å². The van der Waals surface area contributed by atoms with Crippen LogP contribution in [0.4, 0.5) is 0 Å². The van der Waals surface area contributed by atoms with Crippen molar-refractivity contribution < 1.29 is 4.79 Å². The molecule has 0 saturated carbocycles. The molecule has 0 aliphatic heterocycles. The third kappa shape index (κ3) is 2.73.